The quantitative estimate of drug-likeness (QED) is 0.776. The molecule has 0 amide bonds. The summed E-state index contributed by atoms with van der Waals surface area (Å²) in [5.41, 5.74) is -0.334. The highest BCUT2D eigenvalue weighted by molar-refractivity contribution is 5.88. The van der Waals surface area contributed by atoms with Crippen molar-refractivity contribution in [1.29, 1.82) is 0 Å². The van der Waals surface area contributed by atoms with Gasteiger partial charge in [-0.3, -0.25) is 0 Å². The van der Waals surface area contributed by atoms with Gasteiger partial charge in [0.05, 0.1) is 12.2 Å². The van der Waals surface area contributed by atoms with Crippen LogP contribution in [-0.4, -0.2) is 17.7 Å². The molecule has 0 bridgehead atoms. The van der Waals surface area contributed by atoms with E-state index in [0.717, 1.165) is 18.9 Å². The van der Waals surface area contributed by atoms with E-state index in [9.17, 15) is 9.18 Å². The molecule has 0 spiro atoms. The van der Waals surface area contributed by atoms with E-state index < -0.39 is 11.8 Å². The maximum Gasteiger partial charge on any atom is 0.338 e. The normalized spacial score (nSPS) is 10.6. The van der Waals surface area contributed by atoms with Gasteiger partial charge in [-0.05, 0) is 30.9 Å². The number of ether oxygens (including phenoxy) is 1. The molecular weight excluding hydrogens is 223 g/mol. The minimum absolute atomic E-state index is 0.334. The average Bonchev–Trinajstić information content (AvgIpc) is 2.23. The Kier molecular flexibility index (Phi) is 4.94. The largest absolute Gasteiger partial charge is 0.493 e. The molecule has 1 aromatic rings. The smallest absolute Gasteiger partial charge is 0.338 e. The highest BCUT2D eigenvalue weighted by atomic mass is 19.1. The molecule has 0 radical (unpaired) electrons. The number of carbonyl (C=O) groups is 1. The fraction of sp³-hybridized carbons (Fsp3) is 0.462. The third kappa shape index (κ3) is 4.43. The molecule has 0 aromatic heterocycles. The van der Waals surface area contributed by atoms with Crippen molar-refractivity contribution in [3.05, 3.63) is 29.6 Å². The molecule has 1 aromatic carbocycles. The van der Waals surface area contributed by atoms with Crippen molar-refractivity contribution in [1.82, 2.24) is 0 Å². The molecule has 0 saturated carbocycles. The Morgan fingerprint density at radius 1 is 1.47 bits per heavy atom. The molecule has 0 fully saturated rings. The first-order valence-electron chi connectivity index (χ1n) is 5.66. The summed E-state index contributed by atoms with van der Waals surface area (Å²) in [5, 5.41) is 8.65. The van der Waals surface area contributed by atoms with E-state index in [0.29, 0.717) is 18.3 Å². The first-order chi connectivity index (χ1) is 8.00. The number of rotatable bonds is 6. The zero-order chi connectivity index (χ0) is 12.8. The van der Waals surface area contributed by atoms with Crippen LogP contribution in [-0.2, 0) is 0 Å². The molecule has 0 unspecified atom stereocenters. The maximum atomic E-state index is 13.3. The van der Waals surface area contributed by atoms with Gasteiger partial charge in [-0.25, -0.2) is 9.18 Å². The third-order valence-electron chi connectivity index (χ3n) is 2.37. The van der Waals surface area contributed by atoms with E-state index in [1.54, 1.807) is 0 Å². The SMILES string of the molecule is CC(C)CCCOc1ccc(C(=O)O)c(F)c1. The van der Waals surface area contributed by atoms with E-state index in [4.69, 9.17) is 9.84 Å². The Bertz CT molecular complexity index is 388. The average molecular weight is 240 g/mol. The summed E-state index contributed by atoms with van der Waals surface area (Å²) in [5.74, 6) is -1.05. The molecule has 1 rings (SSSR count). The van der Waals surface area contributed by atoms with Crippen LogP contribution in [0.3, 0.4) is 0 Å². The van der Waals surface area contributed by atoms with Crippen molar-refractivity contribution >= 4 is 5.97 Å². The van der Waals surface area contributed by atoms with Gasteiger partial charge in [0.1, 0.15) is 11.6 Å². The van der Waals surface area contributed by atoms with Gasteiger partial charge in [0.25, 0.3) is 0 Å². The highest BCUT2D eigenvalue weighted by Gasteiger charge is 2.10. The van der Waals surface area contributed by atoms with E-state index in [2.05, 4.69) is 13.8 Å². The number of hydrogen-bond donors (Lipinski definition) is 1. The van der Waals surface area contributed by atoms with Crippen molar-refractivity contribution < 1.29 is 19.0 Å². The number of benzene rings is 1. The van der Waals surface area contributed by atoms with Crippen LogP contribution >= 0.6 is 0 Å². The summed E-state index contributed by atoms with van der Waals surface area (Å²) >= 11 is 0. The molecule has 0 aliphatic heterocycles. The number of carboxylic acid groups (broad SMARTS) is 1. The van der Waals surface area contributed by atoms with Gasteiger partial charge in [-0.1, -0.05) is 13.8 Å². The lowest BCUT2D eigenvalue weighted by atomic mass is 10.1. The molecule has 0 heterocycles. The van der Waals surface area contributed by atoms with E-state index in [1.165, 1.54) is 12.1 Å². The second kappa shape index (κ2) is 6.23. The van der Waals surface area contributed by atoms with Gasteiger partial charge >= 0.3 is 5.97 Å². The van der Waals surface area contributed by atoms with Crippen LogP contribution in [0.1, 0.15) is 37.0 Å². The Labute approximate surface area is 100 Å². The van der Waals surface area contributed by atoms with Crippen LogP contribution in [0.5, 0.6) is 5.75 Å². The molecule has 94 valence electrons. The Morgan fingerprint density at radius 3 is 2.71 bits per heavy atom. The summed E-state index contributed by atoms with van der Waals surface area (Å²) in [6.07, 6.45) is 1.95. The second-order valence-electron chi connectivity index (χ2n) is 4.33. The number of halogens is 1. The van der Waals surface area contributed by atoms with Crippen LogP contribution in [0.4, 0.5) is 4.39 Å². The predicted molar refractivity (Wildman–Crippen MR) is 62.9 cm³/mol. The van der Waals surface area contributed by atoms with Gasteiger partial charge < -0.3 is 9.84 Å². The molecule has 0 saturated heterocycles. The highest BCUT2D eigenvalue weighted by Crippen LogP contribution is 2.17. The van der Waals surface area contributed by atoms with Crippen molar-refractivity contribution in [3.63, 3.8) is 0 Å². The zero-order valence-corrected chi connectivity index (χ0v) is 10.1. The van der Waals surface area contributed by atoms with Crippen LogP contribution < -0.4 is 4.74 Å². The molecule has 0 atom stereocenters. The molecule has 17 heavy (non-hydrogen) atoms. The van der Waals surface area contributed by atoms with Crippen molar-refractivity contribution in [2.24, 2.45) is 5.92 Å². The minimum atomic E-state index is -1.27. The van der Waals surface area contributed by atoms with Gasteiger partial charge in [-0.2, -0.15) is 0 Å². The Balaban J connectivity index is 2.50. The predicted octanol–water partition coefficient (Wildman–Crippen LogP) is 3.34. The molecule has 3 nitrogen and oxygen atoms in total. The van der Waals surface area contributed by atoms with Crippen LogP contribution in [0.25, 0.3) is 0 Å². The summed E-state index contributed by atoms with van der Waals surface area (Å²) < 4.78 is 18.6. The molecule has 4 heteroatoms. The van der Waals surface area contributed by atoms with Gasteiger partial charge in [0.2, 0.25) is 0 Å². The lowest BCUT2D eigenvalue weighted by Gasteiger charge is -2.08. The lowest BCUT2D eigenvalue weighted by molar-refractivity contribution is 0.0692. The Hall–Kier alpha value is -1.58. The third-order valence-corrected chi connectivity index (χ3v) is 2.37. The van der Waals surface area contributed by atoms with Gasteiger partial charge in [-0.15, -0.1) is 0 Å². The van der Waals surface area contributed by atoms with Crippen LogP contribution in [0, 0.1) is 11.7 Å². The minimum Gasteiger partial charge on any atom is -0.493 e. The summed E-state index contributed by atoms with van der Waals surface area (Å²) in [7, 11) is 0. The molecule has 0 aliphatic carbocycles. The molecule has 0 aliphatic rings. The van der Waals surface area contributed by atoms with Crippen molar-refractivity contribution in [3.8, 4) is 5.75 Å². The fourth-order valence-electron chi connectivity index (χ4n) is 1.44. The molecule has 1 N–H and O–H groups in total. The lowest BCUT2D eigenvalue weighted by Crippen LogP contribution is -2.03. The van der Waals surface area contributed by atoms with Gasteiger partial charge in [0.15, 0.2) is 0 Å². The van der Waals surface area contributed by atoms with Gasteiger partial charge in [0, 0.05) is 6.07 Å². The summed E-state index contributed by atoms with van der Waals surface area (Å²) in [4.78, 5) is 10.6. The second-order valence-corrected chi connectivity index (χ2v) is 4.33. The monoisotopic (exact) mass is 240 g/mol. The Morgan fingerprint density at radius 2 is 2.18 bits per heavy atom. The van der Waals surface area contributed by atoms with Crippen LogP contribution in [0.2, 0.25) is 0 Å². The van der Waals surface area contributed by atoms with Crippen molar-refractivity contribution in [2.75, 3.05) is 6.61 Å². The first-order valence-corrected chi connectivity index (χ1v) is 5.66. The number of carboxylic acids is 1. The molecular formula is C13H17FO3. The number of aromatic carboxylic acids is 1. The zero-order valence-electron chi connectivity index (χ0n) is 10.1. The van der Waals surface area contributed by atoms with Crippen molar-refractivity contribution in [2.45, 2.75) is 26.7 Å². The first kappa shape index (κ1) is 13.5. The van der Waals surface area contributed by atoms with E-state index in [1.807, 2.05) is 0 Å². The number of hydrogen-bond acceptors (Lipinski definition) is 2. The topological polar surface area (TPSA) is 46.5 Å². The summed E-state index contributed by atoms with van der Waals surface area (Å²) in [6.45, 7) is 4.77. The van der Waals surface area contributed by atoms with Crippen LogP contribution in [0.15, 0.2) is 18.2 Å². The standard InChI is InChI=1S/C13H17FO3/c1-9(2)4-3-7-17-10-5-6-11(13(15)16)12(14)8-10/h5-6,8-9H,3-4,7H2,1-2H3,(H,15,16). The fourth-order valence-corrected chi connectivity index (χ4v) is 1.44. The van der Waals surface area contributed by atoms with E-state index in [-0.39, 0.29) is 5.56 Å². The summed E-state index contributed by atoms with van der Waals surface area (Å²) in [6, 6.07) is 3.80. The van der Waals surface area contributed by atoms with E-state index >= 15 is 0 Å². The maximum absolute atomic E-state index is 13.3.